The van der Waals surface area contributed by atoms with Gasteiger partial charge in [-0.05, 0) is 37.6 Å². The standard InChI is InChI=1S/C21H18N4O/c1-14-7-3-6-10-19(14)25-15(2)21(23-24-25)20(26)13-17-12-11-16-8-4-5-9-18(16)22-17/h3-12H,13H2,1-2H3. The first-order valence-corrected chi connectivity index (χ1v) is 8.49. The van der Waals surface area contributed by atoms with Crippen molar-refractivity contribution in [2.24, 2.45) is 0 Å². The van der Waals surface area contributed by atoms with Crippen molar-refractivity contribution < 1.29 is 4.79 Å². The van der Waals surface area contributed by atoms with Gasteiger partial charge in [0.25, 0.3) is 0 Å². The Balaban J connectivity index is 1.63. The molecule has 4 rings (SSSR count). The van der Waals surface area contributed by atoms with Crippen molar-refractivity contribution >= 4 is 16.7 Å². The molecule has 26 heavy (non-hydrogen) atoms. The van der Waals surface area contributed by atoms with E-state index in [1.165, 1.54) is 0 Å². The number of pyridine rings is 1. The van der Waals surface area contributed by atoms with Crippen LogP contribution in [0, 0.1) is 13.8 Å². The zero-order valence-electron chi connectivity index (χ0n) is 14.7. The predicted molar refractivity (Wildman–Crippen MR) is 101 cm³/mol. The van der Waals surface area contributed by atoms with Crippen molar-refractivity contribution in [2.45, 2.75) is 20.3 Å². The van der Waals surface area contributed by atoms with E-state index in [4.69, 9.17) is 0 Å². The highest BCUT2D eigenvalue weighted by molar-refractivity contribution is 5.96. The Kier molecular flexibility index (Phi) is 4.05. The van der Waals surface area contributed by atoms with E-state index in [0.717, 1.165) is 33.5 Å². The molecule has 0 N–H and O–H groups in total. The molecule has 0 radical (unpaired) electrons. The highest BCUT2D eigenvalue weighted by Crippen LogP contribution is 2.18. The van der Waals surface area contributed by atoms with Gasteiger partial charge in [-0.15, -0.1) is 5.10 Å². The van der Waals surface area contributed by atoms with E-state index < -0.39 is 0 Å². The number of aromatic nitrogens is 4. The molecule has 0 bridgehead atoms. The first-order valence-electron chi connectivity index (χ1n) is 8.49. The summed E-state index contributed by atoms with van der Waals surface area (Å²) in [6.45, 7) is 3.88. The second kappa shape index (κ2) is 6.52. The van der Waals surface area contributed by atoms with Crippen molar-refractivity contribution in [2.75, 3.05) is 0 Å². The summed E-state index contributed by atoms with van der Waals surface area (Å²) in [5.74, 6) is -0.0786. The maximum Gasteiger partial charge on any atom is 0.190 e. The van der Waals surface area contributed by atoms with Crippen molar-refractivity contribution in [3.63, 3.8) is 0 Å². The van der Waals surface area contributed by atoms with Crippen LogP contribution in [-0.2, 0) is 6.42 Å². The number of nitrogens with zero attached hydrogens (tertiary/aromatic N) is 4. The van der Waals surface area contributed by atoms with Crippen LogP contribution in [0.15, 0.2) is 60.7 Å². The monoisotopic (exact) mass is 342 g/mol. The third-order valence-corrected chi connectivity index (χ3v) is 4.50. The molecule has 0 fully saturated rings. The molecule has 0 amide bonds. The van der Waals surface area contributed by atoms with Crippen molar-refractivity contribution in [1.82, 2.24) is 20.0 Å². The van der Waals surface area contributed by atoms with Crippen molar-refractivity contribution in [3.05, 3.63) is 83.3 Å². The first-order chi connectivity index (χ1) is 12.6. The molecule has 0 atom stereocenters. The molecule has 4 aromatic rings. The van der Waals surface area contributed by atoms with Crippen LogP contribution in [0.25, 0.3) is 16.6 Å². The van der Waals surface area contributed by atoms with Gasteiger partial charge in [0.15, 0.2) is 11.5 Å². The SMILES string of the molecule is Cc1ccccc1-n1nnc(C(=O)Cc2ccc3ccccc3n2)c1C. The number of Topliss-reactive ketones (excluding diaryl/α,β-unsaturated/α-hetero) is 1. The number of carbonyl (C=O) groups excluding carboxylic acids is 1. The molecule has 2 heterocycles. The lowest BCUT2D eigenvalue weighted by atomic mass is 10.1. The number of hydrogen-bond acceptors (Lipinski definition) is 4. The average molecular weight is 342 g/mol. The van der Waals surface area contributed by atoms with E-state index in [9.17, 15) is 4.79 Å². The van der Waals surface area contributed by atoms with Crippen LogP contribution in [0.5, 0.6) is 0 Å². The topological polar surface area (TPSA) is 60.7 Å². The zero-order valence-corrected chi connectivity index (χ0v) is 14.7. The number of hydrogen-bond donors (Lipinski definition) is 0. The molecule has 2 aromatic heterocycles. The van der Waals surface area contributed by atoms with Crippen LogP contribution in [0.1, 0.15) is 27.4 Å². The van der Waals surface area contributed by atoms with Gasteiger partial charge >= 0.3 is 0 Å². The fourth-order valence-electron chi connectivity index (χ4n) is 3.07. The summed E-state index contributed by atoms with van der Waals surface area (Å²) in [4.78, 5) is 17.3. The summed E-state index contributed by atoms with van der Waals surface area (Å²) >= 11 is 0. The van der Waals surface area contributed by atoms with E-state index in [-0.39, 0.29) is 12.2 Å². The summed E-state index contributed by atoms with van der Waals surface area (Å²) < 4.78 is 1.72. The molecule has 2 aromatic carbocycles. The van der Waals surface area contributed by atoms with E-state index in [1.54, 1.807) is 4.68 Å². The lowest BCUT2D eigenvalue weighted by molar-refractivity contribution is 0.0986. The number of rotatable bonds is 4. The lowest BCUT2D eigenvalue weighted by Gasteiger charge is -2.06. The molecular weight excluding hydrogens is 324 g/mol. The summed E-state index contributed by atoms with van der Waals surface area (Å²) in [7, 11) is 0. The molecule has 0 saturated heterocycles. The minimum Gasteiger partial charge on any atom is -0.292 e. The lowest BCUT2D eigenvalue weighted by Crippen LogP contribution is -2.08. The highest BCUT2D eigenvalue weighted by Gasteiger charge is 2.18. The maximum atomic E-state index is 12.7. The number of aryl methyl sites for hydroxylation is 1. The van der Waals surface area contributed by atoms with Gasteiger partial charge in [-0.1, -0.05) is 47.7 Å². The molecule has 5 heteroatoms. The second-order valence-corrected chi connectivity index (χ2v) is 6.32. The zero-order chi connectivity index (χ0) is 18.1. The number of fused-ring (bicyclic) bond motifs is 1. The molecule has 0 saturated carbocycles. The summed E-state index contributed by atoms with van der Waals surface area (Å²) in [6, 6.07) is 19.7. The van der Waals surface area contributed by atoms with Gasteiger partial charge in [0.2, 0.25) is 0 Å². The van der Waals surface area contributed by atoms with Gasteiger partial charge in [-0.2, -0.15) is 0 Å². The number of carbonyl (C=O) groups is 1. The Labute approximate surface area is 151 Å². The molecule has 0 spiro atoms. The number of para-hydroxylation sites is 2. The molecule has 0 unspecified atom stereocenters. The van der Waals surface area contributed by atoms with Crippen LogP contribution < -0.4 is 0 Å². The predicted octanol–water partition coefficient (Wildman–Crippen LogP) is 3.86. The maximum absolute atomic E-state index is 12.7. The minimum absolute atomic E-state index is 0.0786. The molecule has 5 nitrogen and oxygen atoms in total. The van der Waals surface area contributed by atoms with Gasteiger partial charge in [0.05, 0.1) is 23.3 Å². The number of ketones is 1. The normalized spacial score (nSPS) is 11.0. The third kappa shape index (κ3) is 2.88. The Morgan fingerprint density at radius 2 is 1.73 bits per heavy atom. The Hall–Kier alpha value is -3.34. The molecule has 0 aliphatic rings. The van der Waals surface area contributed by atoms with Crippen LogP contribution in [0.3, 0.4) is 0 Å². The van der Waals surface area contributed by atoms with Gasteiger partial charge < -0.3 is 0 Å². The Bertz CT molecular complexity index is 1110. The van der Waals surface area contributed by atoms with Gasteiger partial charge in [0.1, 0.15) is 0 Å². The van der Waals surface area contributed by atoms with Crippen LogP contribution in [0.2, 0.25) is 0 Å². The van der Waals surface area contributed by atoms with E-state index in [0.29, 0.717) is 5.69 Å². The van der Waals surface area contributed by atoms with E-state index in [2.05, 4.69) is 15.3 Å². The molecular formula is C21H18N4O. The number of benzene rings is 2. The first kappa shape index (κ1) is 16.1. The molecule has 0 aliphatic heterocycles. The smallest absolute Gasteiger partial charge is 0.190 e. The Morgan fingerprint density at radius 1 is 0.962 bits per heavy atom. The summed E-state index contributed by atoms with van der Waals surface area (Å²) in [6.07, 6.45) is 0.206. The average Bonchev–Trinajstić information content (AvgIpc) is 3.03. The molecule has 0 aliphatic carbocycles. The summed E-state index contributed by atoms with van der Waals surface area (Å²) in [5, 5.41) is 9.37. The van der Waals surface area contributed by atoms with Crippen LogP contribution in [-0.4, -0.2) is 25.8 Å². The van der Waals surface area contributed by atoms with Crippen LogP contribution >= 0.6 is 0 Å². The minimum atomic E-state index is -0.0786. The van der Waals surface area contributed by atoms with Crippen molar-refractivity contribution in [3.8, 4) is 5.69 Å². The van der Waals surface area contributed by atoms with Crippen LogP contribution in [0.4, 0.5) is 0 Å². The fraction of sp³-hybridized carbons (Fsp3) is 0.143. The van der Waals surface area contributed by atoms with Gasteiger partial charge in [-0.25, -0.2) is 4.68 Å². The quantitative estimate of drug-likeness (QED) is 0.528. The van der Waals surface area contributed by atoms with Crippen molar-refractivity contribution in [1.29, 1.82) is 0 Å². The van der Waals surface area contributed by atoms with E-state index >= 15 is 0 Å². The largest absolute Gasteiger partial charge is 0.292 e. The van der Waals surface area contributed by atoms with E-state index in [1.807, 2.05) is 74.5 Å². The Morgan fingerprint density at radius 3 is 2.58 bits per heavy atom. The highest BCUT2D eigenvalue weighted by atomic mass is 16.1. The second-order valence-electron chi connectivity index (χ2n) is 6.32. The fourth-order valence-corrected chi connectivity index (χ4v) is 3.07. The van der Waals surface area contributed by atoms with Gasteiger partial charge in [-0.3, -0.25) is 9.78 Å². The molecule has 128 valence electrons. The van der Waals surface area contributed by atoms with Gasteiger partial charge in [0, 0.05) is 11.1 Å². The summed E-state index contributed by atoms with van der Waals surface area (Å²) in [5.41, 5.74) is 4.76. The third-order valence-electron chi connectivity index (χ3n) is 4.50.